The van der Waals surface area contributed by atoms with Crippen molar-refractivity contribution >= 4 is 33.2 Å². The number of rotatable bonds is 6. The monoisotopic (exact) mass is 359 g/mol. The minimum Gasteiger partial charge on any atom is -0.497 e. The van der Waals surface area contributed by atoms with Crippen molar-refractivity contribution in [3.05, 3.63) is 58.1 Å². The summed E-state index contributed by atoms with van der Waals surface area (Å²) in [4.78, 5) is 0.197. The zero-order chi connectivity index (χ0) is 16.2. The van der Waals surface area contributed by atoms with E-state index < -0.39 is 10.0 Å². The number of hydrogen-bond donors (Lipinski definition) is 1. The van der Waals surface area contributed by atoms with Gasteiger partial charge in [-0.15, -0.1) is 0 Å². The van der Waals surface area contributed by atoms with E-state index >= 15 is 0 Å². The minimum atomic E-state index is -3.54. The maximum absolute atomic E-state index is 12.1. The van der Waals surface area contributed by atoms with Crippen LogP contribution in [0.2, 0.25) is 10.0 Å². The number of halogens is 2. The van der Waals surface area contributed by atoms with Crippen molar-refractivity contribution in [2.45, 2.75) is 11.3 Å². The van der Waals surface area contributed by atoms with Crippen LogP contribution < -0.4 is 9.46 Å². The molecule has 0 unspecified atom stereocenters. The molecule has 1 N–H and O–H groups in total. The van der Waals surface area contributed by atoms with Gasteiger partial charge in [-0.05, 0) is 48.4 Å². The van der Waals surface area contributed by atoms with E-state index in [0.29, 0.717) is 22.2 Å². The van der Waals surface area contributed by atoms with Gasteiger partial charge in [-0.2, -0.15) is 0 Å². The normalized spacial score (nSPS) is 11.4. The Labute approximate surface area is 140 Å². The van der Waals surface area contributed by atoms with E-state index in [1.54, 1.807) is 24.3 Å². The molecule has 0 saturated carbocycles. The van der Waals surface area contributed by atoms with Gasteiger partial charge >= 0.3 is 0 Å². The van der Waals surface area contributed by atoms with Crippen molar-refractivity contribution in [2.24, 2.45) is 0 Å². The van der Waals surface area contributed by atoms with Gasteiger partial charge in [0.1, 0.15) is 5.75 Å². The third-order valence-electron chi connectivity index (χ3n) is 3.06. The third kappa shape index (κ3) is 4.36. The van der Waals surface area contributed by atoms with Crippen LogP contribution in [0.5, 0.6) is 5.75 Å². The molecule has 2 aromatic carbocycles. The molecule has 2 rings (SSSR count). The Kier molecular flexibility index (Phi) is 5.69. The van der Waals surface area contributed by atoms with Crippen LogP contribution in [0, 0.1) is 0 Å². The Morgan fingerprint density at radius 3 is 2.32 bits per heavy atom. The topological polar surface area (TPSA) is 55.4 Å². The summed E-state index contributed by atoms with van der Waals surface area (Å²) in [6, 6.07) is 11.4. The maximum Gasteiger partial charge on any atom is 0.240 e. The SMILES string of the molecule is COc1ccc(S(=O)(=O)NCCc2ccc(Cl)c(Cl)c2)cc1. The largest absolute Gasteiger partial charge is 0.497 e. The summed E-state index contributed by atoms with van der Waals surface area (Å²) in [5, 5.41) is 0.932. The van der Waals surface area contributed by atoms with Crippen LogP contribution in [0.15, 0.2) is 47.4 Å². The lowest BCUT2D eigenvalue weighted by molar-refractivity contribution is 0.414. The summed E-state index contributed by atoms with van der Waals surface area (Å²) in [6.07, 6.45) is 0.520. The Balaban J connectivity index is 1.98. The highest BCUT2D eigenvalue weighted by Crippen LogP contribution is 2.22. The van der Waals surface area contributed by atoms with Gasteiger partial charge in [0.05, 0.1) is 22.1 Å². The second-order valence-electron chi connectivity index (χ2n) is 4.57. The quantitative estimate of drug-likeness (QED) is 0.858. The van der Waals surface area contributed by atoms with E-state index in [1.807, 2.05) is 6.07 Å². The standard InChI is InChI=1S/C15H15Cl2NO3S/c1-21-12-3-5-13(6-4-12)22(19,20)18-9-8-11-2-7-14(16)15(17)10-11/h2-7,10,18H,8-9H2,1H3. The van der Waals surface area contributed by atoms with Gasteiger partial charge in [0.15, 0.2) is 0 Å². The van der Waals surface area contributed by atoms with Crippen LogP contribution in [0.4, 0.5) is 0 Å². The zero-order valence-corrected chi connectivity index (χ0v) is 14.2. The lowest BCUT2D eigenvalue weighted by Crippen LogP contribution is -2.25. The predicted octanol–water partition coefficient (Wildman–Crippen LogP) is 3.52. The van der Waals surface area contributed by atoms with Crippen molar-refractivity contribution in [3.63, 3.8) is 0 Å². The Hall–Kier alpha value is -1.27. The molecule has 0 radical (unpaired) electrons. The highest BCUT2D eigenvalue weighted by atomic mass is 35.5. The van der Waals surface area contributed by atoms with Gasteiger partial charge in [0, 0.05) is 6.54 Å². The maximum atomic E-state index is 12.1. The van der Waals surface area contributed by atoms with E-state index in [9.17, 15) is 8.42 Å². The van der Waals surface area contributed by atoms with Gasteiger partial charge in [-0.1, -0.05) is 29.3 Å². The Morgan fingerprint density at radius 2 is 1.73 bits per heavy atom. The summed E-state index contributed by atoms with van der Waals surface area (Å²) < 4.78 is 31.8. The fourth-order valence-electron chi connectivity index (χ4n) is 1.86. The predicted molar refractivity (Wildman–Crippen MR) is 88.3 cm³/mol. The molecule has 0 bridgehead atoms. The molecule has 0 aliphatic heterocycles. The highest BCUT2D eigenvalue weighted by Gasteiger charge is 2.13. The molecular weight excluding hydrogens is 345 g/mol. The molecule has 0 aliphatic carbocycles. The first-order valence-corrected chi connectivity index (χ1v) is 8.74. The second-order valence-corrected chi connectivity index (χ2v) is 7.15. The molecule has 0 aromatic heterocycles. The van der Waals surface area contributed by atoms with Gasteiger partial charge in [-0.25, -0.2) is 13.1 Å². The highest BCUT2D eigenvalue weighted by molar-refractivity contribution is 7.89. The average Bonchev–Trinajstić information content (AvgIpc) is 2.51. The Morgan fingerprint density at radius 1 is 1.05 bits per heavy atom. The van der Waals surface area contributed by atoms with Crippen LogP contribution in [0.3, 0.4) is 0 Å². The van der Waals surface area contributed by atoms with Crippen molar-refractivity contribution in [1.82, 2.24) is 4.72 Å². The number of sulfonamides is 1. The van der Waals surface area contributed by atoms with E-state index in [1.165, 1.54) is 19.2 Å². The second kappa shape index (κ2) is 7.33. The van der Waals surface area contributed by atoms with Gasteiger partial charge in [-0.3, -0.25) is 0 Å². The third-order valence-corrected chi connectivity index (χ3v) is 5.28. The Bertz CT molecular complexity index is 746. The van der Waals surface area contributed by atoms with E-state index in [4.69, 9.17) is 27.9 Å². The molecular formula is C15H15Cl2NO3S. The zero-order valence-electron chi connectivity index (χ0n) is 11.8. The summed E-state index contributed by atoms with van der Waals surface area (Å²) in [5.41, 5.74) is 0.909. The molecule has 0 saturated heterocycles. The van der Waals surface area contributed by atoms with Crippen LogP contribution in [0.25, 0.3) is 0 Å². The number of benzene rings is 2. The fraction of sp³-hybridized carbons (Fsp3) is 0.200. The molecule has 0 amide bonds. The summed E-state index contributed by atoms with van der Waals surface area (Å²) in [7, 11) is -2.01. The van der Waals surface area contributed by atoms with Crippen molar-refractivity contribution in [3.8, 4) is 5.75 Å². The summed E-state index contributed by atoms with van der Waals surface area (Å²) in [5.74, 6) is 0.606. The number of nitrogens with one attached hydrogen (secondary N) is 1. The first-order valence-electron chi connectivity index (χ1n) is 6.50. The molecule has 0 aliphatic rings. The summed E-state index contributed by atoms with van der Waals surface area (Å²) >= 11 is 11.8. The molecule has 0 atom stereocenters. The van der Waals surface area contributed by atoms with Crippen LogP contribution in [-0.2, 0) is 16.4 Å². The molecule has 0 heterocycles. The lowest BCUT2D eigenvalue weighted by Gasteiger charge is -2.08. The minimum absolute atomic E-state index is 0.197. The number of methoxy groups -OCH3 is 1. The molecule has 4 nitrogen and oxygen atoms in total. The molecule has 118 valence electrons. The van der Waals surface area contributed by atoms with Crippen LogP contribution >= 0.6 is 23.2 Å². The van der Waals surface area contributed by atoms with E-state index in [-0.39, 0.29) is 11.4 Å². The average molecular weight is 360 g/mol. The molecule has 2 aromatic rings. The van der Waals surface area contributed by atoms with Crippen LogP contribution in [-0.4, -0.2) is 22.1 Å². The number of ether oxygens (including phenoxy) is 1. The van der Waals surface area contributed by atoms with Crippen molar-refractivity contribution in [1.29, 1.82) is 0 Å². The van der Waals surface area contributed by atoms with Crippen LogP contribution in [0.1, 0.15) is 5.56 Å². The molecule has 0 fully saturated rings. The van der Waals surface area contributed by atoms with Gasteiger partial charge < -0.3 is 4.74 Å². The van der Waals surface area contributed by atoms with E-state index in [0.717, 1.165) is 5.56 Å². The first kappa shape index (κ1) is 17.1. The molecule has 0 spiro atoms. The smallest absolute Gasteiger partial charge is 0.240 e. The molecule has 7 heteroatoms. The number of hydrogen-bond acceptors (Lipinski definition) is 3. The summed E-state index contributed by atoms with van der Waals surface area (Å²) in [6.45, 7) is 0.270. The lowest BCUT2D eigenvalue weighted by atomic mass is 10.1. The van der Waals surface area contributed by atoms with E-state index in [2.05, 4.69) is 4.72 Å². The fourth-order valence-corrected chi connectivity index (χ4v) is 3.22. The first-order chi connectivity index (χ1) is 10.4. The van der Waals surface area contributed by atoms with Crippen molar-refractivity contribution < 1.29 is 13.2 Å². The molecule has 22 heavy (non-hydrogen) atoms. The van der Waals surface area contributed by atoms with Crippen molar-refractivity contribution in [2.75, 3.05) is 13.7 Å². The van der Waals surface area contributed by atoms with Gasteiger partial charge in [0.25, 0.3) is 0 Å². The van der Waals surface area contributed by atoms with Gasteiger partial charge in [0.2, 0.25) is 10.0 Å².